The monoisotopic (exact) mass is 1120 g/mol. The second-order valence-corrected chi connectivity index (χ2v) is 24.5. The van der Waals surface area contributed by atoms with Gasteiger partial charge in [-0.15, -0.1) is 0 Å². The van der Waals surface area contributed by atoms with E-state index in [0.717, 1.165) is 70.6 Å². The van der Waals surface area contributed by atoms with E-state index in [1.807, 2.05) is 0 Å². The van der Waals surface area contributed by atoms with Gasteiger partial charge in [-0.05, 0) is 77.0 Å². The van der Waals surface area contributed by atoms with E-state index < -0.39 is 6.10 Å². The molecule has 6 heteroatoms. The first-order valence-electron chi connectivity index (χ1n) is 36.0. The fraction of sp³-hybridized carbons (Fsp3) is 0.878. The summed E-state index contributed by atoms with van der Waals surface area (Å²) in [6.45, 7) is 6.70. The molecule has 0 bridgehead atoms. The fourth-order valence-electron chi connectivity index (χ4n) is 10.9. The summed E-state index contributed by atoms with van der Waals surface area (Å²) in [5, 5.41) is 0. The van der Waals surface area contributed by atoms with Crippen molar-refractivity contribution in [2.45, 2.75) is 406 Å². The first-order chi connectivity index (χ1) is 39.5. The van der Waals surface area contributed by atoms with Gasteiger partial charge in [-0.1, -0.05) is 340 Å². The Bertz CT molecular complexity index is 1340. The summed E-state index contributed by atoms with van der Waals surface area (Å²) in [7, 11) is 0. The molecule has 80 heavy (non-hydrogen) atoms. The van der Waals surface area contributed by atoms with Gasteiger partial charge in [0.25, 0.3) is 0 Å². The number of carbonyl (C=O) groups excluding carboxylic acids is 3. The number of allylic oxidation sites excluding steroid dienone is 6. The maximum Gasteiger partial charge on any atom is 0.306 e. The van der Waals surface area contributed by atoms with E-state index >= 15 is 0 Å². The van der Waals surface area contributed by atoms with Gasteiger partial charge in [-0.25, -0.2) is 0 Å². The Morgan fingerprint density at radius 1 is 0.250 bits per heavy atom. The molecule has 0 rings (SSSR count). The molecule has 0 fully saturated rings. The number of hydrogen-bond donors (Lipinski definition) is 0. The molecule has 0 radical (unpaired) electrons. The van der Waals surface area contributed by atoms with Crippen LogP contribution in [0.4, 0.5) is 0 Å². The number of rotatable bonds is 67. The van der Waals surface area contributed by atoms with Gasteiger partial charge in [-0.3, -0.25) is 14.4 Å². The van der Waals surface area contributed by atoms with E-state index in [9.17, 15) is 14.4 Å². The van der Waals surface area contributed by atoms with E-state index in [0.29, 0.717) is 19.3 Å². The largest absolute Gasteiger partial charge is 0.462 e. The molecular weight excluding hydrogens is 985 g/mol. The molecule has 0 aliphatic rings. The van der Waals surface area contributed by atoms with Crippen molar-refractivity contribution in [2.75, 3.05) is 13.2 Å². The van der Waals surface area contributed by atoms with Crippen LogP contribution in [0.5, 0.6) is 0 Å². The Hall–Kier alpha value is -2.37. The van der Waals surface area contributed by atoms with E-state index in [2.05, 4.69) is 57.2 Å². The fourth-order valence-corrected chi connectivity index (χ4v) is 10.9. The third-order valence-electron chi connectivity index (χ3n) is 16.4. The highest BCUT2D eigenvalue weighted by Gasteiger charge is 2.19. The van der Waals surface area contributed by atoms with Crippen LogP contribution in [0.3, 0.4) is 0 Å². The zero-order chi connectivity index (χ0) is 57.8. The van der Waals surface area contributed by atoms with Gasteiger partial charge < -0.3 is 14.2 Å². The Morgan fingerprint density at radius 2 is 0.450 bits per heavy atom. The number of carbonyl (C=O) groups is 3. The number of hydrogen-bond acceptors (Lipinski definition) is 6. The lowest BCUT2D eigenvalue weighted by Gasteiger charge is -2.18. The van der Waals surface area contributed by atoms with Crippen molar-refractivity contribution >= 4 is 17.9 Å². The van der Waals surface area contributed by atoms with Gasteiger partial charge in [0.15, 0.2) is 6.10 Å². The molecule has 0 N–H and O–H groups in total. The summed E-state index contributed by atoms with van der Waals surface area (Å²) in [5.41, 5.74) is 0. The minimum absolute atomic E-state index is 0.0696. The van der Waals surface area contributed by atoms with E-state index in [-0.39, 0.29) is 31.1 Å². The van der Waals surface area contributed by atoms with Crippen molar-refractivity contribution in [2.24, 2.45) is 0 Å². The van der Waals surface area contributed by atoms with Crippen LogP contribution in [-0.4, -0.2) is 37.2 Å². The van der Waals surface area contributed by atoms with Crippen LogP contribution in [0, 0.1) is 0 Å². The molecule has 0 spiro atoms. The molecule has 0 aromatic carbocycles. The van der Waals surface area contributed by atoms with Crippen LogP contribution in [0.15, 0.2) is 36.5 Å². The van der Waals surface area contributed by atoms with Crippen LogP contribution in [0.2, 0.25) is 0 Å². The average Bonchev–Trinajstić information content (AvgIpc) is 3.46. The van der Waals surface area contributed by atoms with Crippen LogP contribution >= 0.6 is 0 Å². The quantitative estimate of drug-likeness (QED) is 0.0261. The predicted octanol–water partition coefficient (Wildman–Crippen LogP) is 24.7. The Morgan fingerprint density at radius 3 is 0.713 bits per heavy atom. The minimum Gasteiger partial charge on any atom is -0.462 e. The molecule has 470 valence electrons. The lowest BCUT2D eigenvalue weighted by atomic mass is 10.0. The highest BCUT2D eigenvalue weighted by molar-refractivity contribution is 5.71. The summed E-state index contributed by atoms with van der Waals surface area (Å²) in [4.78, 5) is 38.5. The topological polar surface area (TPSA) is 78.9 Å². The molecule has 0 amide bonds. The summed E-state index contributed by atoms with van der Waals surface area (Å²) in [6.07, 6.45) is 86.0. The van der Waals surface area contributed by atoms with Gasteiger partial charge in [0.05, 0.1) is 0 Å². The van der Waals surface area contributed by atoms with Crippen molar-refractivity contribution in [3.8, 4) is 0 Å². The normalized spacial score (nSPS) is 12.2. The minimum atomic E-state index is -0.774. The molecule has 6 nitrogen and oxygen atoms in total. The maximum atomic E-state index is 13.0. The summed E-state index contributed by atoms with van der Waals surface area (Å²) >= 11 is 0. The second kappa shape index (κ2) is 69.1. The maximum absolute atomic E-state index is 13.0. The van der Waals surface area contributed by atoms with Gasteiger partial charge in [0.1, 0.15) is 13.2 Å². The van der Waals surface area contributed by atoms with Crippen LogP contribution in [0.1, 0.15) is 400 Å². The molecule has 0 heterocycles. The highest BCUT2D eigenvalue weighted by atomic mass is 16.6. The van der Waals surface area contributed by atoms with Gasteiger partial charge >= 0.3 is 17.9 Å². The molecule has 0 aliphatic carbocycles. The summed E-state index contributed by atoms with van der Waals surface area (Å²) in [6, 6.07) is 0. The number of ether oxygens (including phenoxy) is 3. The van der Waals surface area contributed by atoms with Gasteiger partial charge in [0, 0.05) is 19.3 Å². The van der Waals surface area contributed by atoms with Crippen LogP contribution in [-0.2, 0) is 28.6 Å². The molecule has 0 aliphatic heterocycles. The third kappa shape index (κ3) is 66.4. The van der Waals surface area contributed by atoms with Crippen molar-refractivity contribution in [3.05, 3.63) is 36.5 Å². The SMILES string of the molecule is CCCCCC/C=C\C/C=C\CCCCCCCCCC(=O)OCC(COC(=O)CCCCCCCCCCCCCCC/C=C\CCCCCCCCCC)OC(=O)CCCCCCCCCCCCCCCCCCCCC. The lowest BCUT2D eigenvalue weighted by Crippen LogP contribution is -2.30. The zero-order valence-corrected chi connectivity index (χ0v) is 54.1. The molecule has 1 atom stereocenters. The Balaban J connectivity index is 4.29. The van der Waals surface area contributed by atoms with E-state index in [1.54, 1.807) is 0 Å². The molecule has 0 saturated heterocycles. The van der Waals surface area contributed by atoms with Crippen LogP contribution in [0.25, 0.3) is 0 Å². The number of esters is 3. The summed E-state index contributed by atoms with van der Waals surface area (Å²) in [5.74, 6) is -0.846. The molecule has 1 unspecified atom stereocenters. The van der Waals surface area contributed by atoms with Crippen molar-refractivity contribution < 1.29 is 28.6 Å². The van der Waals surface area contributed by atoms with Gasteiger partial charge in [0.2, 0.25) is 0 Å². The van der Waals surface area contributed by atoms with Crippen molar-refractivity contribution in [1.82, 2.24) is 0 Å². The Kier molecular flexibility index (Phi) is 67.1. The second-order valence-electron chi connectivity index (χ2n) is 24.5. The van der Waals surface area contributed by atoms with E-state index in [4.69, 9.17) is 14.2 Å². The molecule has 0 aromatic heterocycles. The first kappa shape index (κ1) is 77.6. The highest BCUT2D eigenvalue weighted by Crippen LogP contribution is 2.18. The first-order valence-corrected chi connectivity index (χ1v) is 36.0. The predicted molar refractivity (Wildman–Crippen MR) is 349 cm³/mol. The average molecular weight is 1120 g/mol. The van der Waals surface area contributed by atoms with Crippen molar-refractivity contribution in [3.63, 3.8) is 0 Å². The molecule has 0 aromatic rings. The van der Waals surface area contributed by atoms with Gasteiger partial charge in [-0.2, -0.15) is 0 Å². The number of unbranched alkanes of at least 4 members (excludes halogenated alkanes) is 50. The zero-order valence-electron chi connectivity index (χ0n) is 54.1. The summed E-state index contributed by atoms with van der Waals surface area (Å²) < 4.78 is 17.0. The lowest BCUT2D eigenvalue weighted by molar-refractivity contribution is -0.167. The standard InChI is InChI=1S/C74H138O6/c1-4-7-10-13-16-19-22-25-28-31-34-35-36-37-38-39-41-43-46-49-52-55-58-61-64-67-73(76)79-70-71(69-78-72(75)66-63-60-57-54-51-48-45-42-33-30-27-24-21-18-15-12-9-6-3)80-74(77)68-65-62-59-56-53-50-47-44-40-32-29-26-23-20-17-14-11-8-5-2/h21,24,30-31,33-34,71H,4-20,22-23,25-29,32,35-70H2,1-3H3/b24-21-,33-30-,34-31-. The van der Waals surface area contributed by atoms with E-state index in [1.165, 1.54) is 289 Å². The Labute approximate surface area is 499 Å². The van der Waals surface area contributed by atoms with Crippen molar-refractivity contribution in [1.29, 1.82) is 0 Å². The van der Waals surface area contributed by atoms with Crippen LogP contribution < -0.4 is 0 Å². The third-order valence-corrected chi connectivity index (χ3v) is 16.4. The molecular formula is C74H138O6. The molecule has 0 saturated carbocycles. The smallest absolute Gasteiger partial charge is 0.306 e.